The molecule has 0 heterocycles. The Morgan fingerprint density at radius 2 is 1.74 bits per heavy atom. The Morgan fingerprint density at radius 1 is 1.00 bits per heavy atom. The van der Waals surface area contributed by atoms with Gasteiger partial charge in [0.1, 0.15) is 0 Å². The van der Waals surface area contributed by atoms with E-state index in [-0.39, 0.29) is 11.8 Å². The molecule has 0 spiro atoms. The van der Waals surface area contributed by atoms with Crippen molar-refractivity contribution in [3.05, 3.63) is 34.9 Å². The molecule has 1 fully saturated rings. The summed E-state index contributed by atoms with van der Waals surface area (Å²) in [5.41, 5.74) is 3.10. The highest BCUT2D eigenvalue weighted by molar-refractivity contribution is 6.42. The molecule has 0 saturated heterocycles. The van der Waals surface area contributed by atoms with Crippen molar-refractivity contribution < 1.29 is 9.59 Å². The smallest absolute Gasteiger partial charge is 0.292 e. The third-order valence-electron chi connectivity index (χ3n) is 4.26. The van der Waals surface area contributed by atoms with Crippen LogP contribution in [0.25, 0.3) is 0 Å². The molecule has 0 atom stereocenters. The van der Waals surface area contributed by atoms with Crippen LogP contribution in [0.4, 0.5) is 0 Å². The SMILES string of the molecule is O=C(NC1CCCC1)C(=O)c1ccc2c(c1)CCC2. The maximum Gasteiger partial charge on any atom is 0.292 e. The number of carbonyl (C=O) groups excluding carboxylic acids is 2. The normalized spacial score (nSPS) is 18.3. The number of carbonyl (C=O) groups is 2. The fraction of sp³-hybridized carbons (Fsp3) is 0.500. The quantitative estimate of drug-likeness (QED) is 0.667. The van der Waals surface area contributed by atoms with Crippen LogP contribution in [0.3, 0.4) is 0 Å². The van der Waals surface area contributed by atoms with E-state index in [0.29, 0.717) is 5.56 Å². The molecule has 1 saturated carbocycles. The molecule has 0 bridgehead atoms. The van der Waals surface area contributed by atoms with Crippen LogP contribution in [0.1, 0.15) is 53.6 Å². The van der Waals surface area contributed by atoms with Gasteiger partial charge in [0, 0.05) is 11.6 Å². The second kappa shape index (κ2) is 5.16. The molecule has 0 aromatic heterocycles. The molecule has 1 aromatic rings. The number of amides is 1. The van der Waals surface area contributed by atoms with Crippen LogP contribution < -0.4 is 5.32 Å². The van der Waals surface area contributed by atoms with Gasteiger partial charge in [0.05, 0.1) is 0 Å². The maximum absolute atomic E-state index is 12.1. The van der Waals surface area contributed by atoms with Crippen LogP contribution in [0, 0.1) is 0 Å². The monoisotopic (exact) mass is 257 g/mol. The van der Waals surface area contributed by atoms with Gasteiger partial charge in [-0.1, -0.05) is 25.0 Å². The number of hydrogen-bond acceptors (Lipinski definition) is 2. The molecule has 0 aliphatic heterocycles. The molecule has 3 nitrogen and oxygen atoms in total. The van der Waals surface area contributed by atoms with Gasteiger partial charge in [-0.2, -0.15) is 0 Å². The van der Waals surface area contributed by atoms with E-state index in [9.17, 15) is 9.59 Å². The fourth-order valence-electron chi connectivity index (χ4n) is 3.17. The summed E-state index contributed by atoms with van der Waals surface area (Å²) < 4.78 is 0. The Balaban J connectivity index is 1.70. The third kappa shape index (κ3) is 2.55. The third-order valence-corrected chi connectivity index (χ3v) is 4.26. The van der Waals surface area contributed by atoms with Crippen LogP contribution in [0.2, 0.25) is 0 Å². The summed E-state index contributed by atoms with van der Waals surface area (Å²) in [5.74, 6) is -0.827. The van der Waals surface area contributed by atoms with Gasteiger partial charge in [-0.25, -0.2) is 0 Å². The van der Waals surface area contributed by atoms with Crippen molar-refractivity contribution in [1.29, 1.82) is 0 Å². The average molecular weight is 257 g/mol. The highest BCUT2D eigenvalue weighted by Gasteiger charge is 2.23. The average Bonchev–Trinajstić information content (AvgIpc) is 3.07. The first-order chi connectivity index (χ1) is 9.24. The molecule has 2 aliphatic carbocycles. The standard InChI is InChI=1S/C16H19NO2/c18-15(16(19)17-14-6-1-2-7-14)13-9-8-11-4-3-5-12(11)10-13/h8-10,14H,1-7H2,(H,17,19). The highest BCUT2D eigenvalue weighted by Crippen LogP contribution is 2.23. The summed E-state index contributed by atoms with van der Waals surface area (Å²) in [6.45, 7) is 0. The number of Topliss-reactive ketones (excluding diaryl/α,β-unsaturated/α-hetero) is 1. The van der Waals surface area contributed by atoms with Gasteiger partial charge >= 0.3 is 0 Å². The molecule has 100 valence electrons. The van der Waals surface area contributed by atoms with Crippen LogP contribution >= 0.6 is 0 Å². The lowest BCUT2D eigenvalue weighted by Crippen LogP contribution is -2.37. The molecule has 3 heteroatoms. The molecule has 1 aromatic carbocycles. The molecular formula is C16H19NO2. The van der Waals surface area contributed by atoms with Crippen LogP contribution in [-0.2, 0) is 17.6 Å². The van der Waals surface area contributed by atoms with Crippen molar-refractivity contribution in [2.24, 2.45) is 0 Å². The van der Waals surface area contributed by atoms with Gasteiger partial charge in [0.15, 0.2) is 0 Å². The first kappa shape index (κ1) is 12.4. The summed E-state index contributed by atoms with van der Waals surface area (Å²) in [4.78, 5) is 24.1. The number of fused-ring (bicyclic) bond motifs is 1. The van der Waals surface area contributed by atoms with E-state index in [1.807, 2.05) is 12.1 Å². The van der Waals surface area contributed by atoms with Gasteiger partial charge in [0.25, 0.3) is 5.91 Å². The summed E-state index contributed by atoms with van der Waals surface area (Å²) >= 11 is 0. The molecule has 0 unspecified atom stereocenters. The second-order valence-corrected chi connectivity index (χ2v) is 5.62. The Morgan fingerprint density at radius 3 is 2.53 bits per heavy atom. The van der Waals surface area contributed by atoms with Gasteiger partial charge in [-0.15, -0.1) is 0 Å². The molecule has 1 N–H and O–H groups in total. The minimum atomic E-state index is -0.440. The summed E-state index contributed by atoms with van der Waals surface area (Å²) in [6.07, 6.45) is 7.59. The van der Waals surface area contributed by atoms with E-state index in [4.69, 9.17) is 0 Å². The van der Waals surface area contributed by atoms with Crippen molar-refractivity contribution in [1.82, 2.24) is 5.32 Å². The summed E-state index contributed by atoms with van der Waals surface area (Å²) in [6, 6.07) is 5.89. The van der Waals surface area contributed by atoms with Crippen LogP contribution in [-0.4, -0.2) is 17.7 Å². The van der Waals surface area contributed by atoms with Gasteiger partial charge in [0.2, 0.25) is 5.78 Å². The molecule has 1 amide bonds. The lowest BCUT2D eigenvalue weighted by atomic mass is 10.0. The lowest BCUT2D eigenvalue weighted by molar-refractivity contribution is -0.117. The van der Waals surface area contributed by atoms with Gasteiger partial charge in [-0.05, 0) is 49.3 Å². The molecule has 0 radical (unpaired) electrons. The van der Waals surface area contributed by atoms with E-state index in [0.717, 1.165) is 44.9 Å². The Bertz CT molecular complexity index is 515. The minimum absolute atomic E-state index is 0.200. The van der Waals surface area contributed by atoms with E-state index in [1.165, 1.54) is 11.1 Å². The van der Waals surface area contributed by atoms with E-state index in [2.05, 4.69) is 5.32 Å². The fourth-order valence-corrected chi connectivity index (χ4v) is 3.17. The largest absolute Gasteiger partial charge is 0.346 e. The van der Waals surface area contributed by atoms with Crippen molar-refractivity contribution in [2.75, 3.05) is 0 Å². The van der Waals surface area contributed by atoms with Crippen LogP contribution in [0.15, 0.2) is 18.2 Å². The predicted molar refractivity (Wildman–Crippen MR) is 73.2 cm³/mol. The lowest BCUT2D eigenvalue weighted by Gasteiger charge is -2.11. The van der Waals surface area contributed by atoms with Crippen LogP contribution in [0.5, 0.6) is 0 Å². The molecular weight excluding hydrogens is 238 g/mol. The number of rotatable bonds is 3. The van der Waals surface area contributed by atoms with E-state index in [1.54, 1.807) is 6.07 Å². The topological polar surface area (TPSA) is 46.2 Å². The van der Waals surface area contributed by atoms with Crippen molar-refractivity contribution in [3.63, 3.8) is 0 Å². The zero-order valence-electron chi connectivity index (χ0n) is 11.1. The summed E-state index contributed by atoms with van der Waals surface area (Å²) in [7, 11) is 0. The van der Waals surface area contributed by atoms with E-state index < -0.39 is 5.91 Å². The Kier molecular flexibility index (Phi) is 3.36. The van der Waals surface area contributed by atoms with Crippen molar-refractivity contribution in [2.45, 2.75) is 51.0 Å². The van der Waals surface area contributed by atoms with Gasteiger partial charge < -0.3 is 5.32 Å². The summed E-state index contributed by atoms with van der Waals surface area (Å²) in [5, 5.41) is 2.86. The highest BCUT2D eigenvalue weighted by atomic mass is 16.2. The number of nitrogens with one attached hydrogen (secondary N) is 1. The first-order valence-corrected chi connectivity index (χ1v) is 7.21. The maximum atomic E-state index is 12.1. The number of benzene rings is 1. The van der Waals surface area contributed by atoms with Gasteiger partial charge in [-0.3, -0.25) is 9.59 Å². The molecule has 2 aliphatic rings. The Hall–Kier alpha value is -1.64. The zero-order valence-corrected chi connectivity index (χ0v) is 11.1. The number of hydrogen-bond donors (Lipinski definition) is 1. The first-order valence-electron chi connectivity index (χ1n) is 7.21. The zero-order chi connectivity index (χ0) is 13.2. The number of aryl methyl sites for hydroxylation is 2. The van der Waals surface area contributed by atoms with Crippen molar-refractivity contribution in [3.8, 4) is 0 Å². The predicted octanol–water partition coefficient (Wildman–Crippen LogP) is 2.42. The number of ketones is 1. The van der Waals surface area contributed by atoms with E-state index >= 15 is 0 Å². The van der Waals surface area contributed by atoms with Crippen molar-refractivity contribution >= 4 is 11.7 Å². The molecule has 19 heavy (non-hydrogen) atoms. The Labute approximate surface area is 113 Å². The minimum Gasteiger partial charge on any atom is -0.346 e. The molecule has 3 rings (SSSR count). The second-order valence-electron chi connectivity index (χ2n) is 5.62.